The van der Waals surface area contributed by atoms with E-state index in [4.69, 9.17) is 10.5 Å². The SMILES string of the molecule is CN1CCC(NC(=O)c2ccc(N3CC(F)(F)C3)c(OCC3CC3)n2)(C(N)=O)CC1. The number of anilines is 1. The highest BCUT2D eigenvalue weighted by molar-refractivity contribution is 5.98. The van der Waals surface area contributed by atoms with Crippen molar-refractivity contribution in [1.29, 1.82) is 0 Å². The van der Waals surface area contributed by atoms with Gasteiger partial charge in [0.2, 0.25) is 11.8 Å². The summed E-state index contributed by atoms with van der Waals surface area (Å²) < 4.78 is 32.4. The number of nitrogens with zero attached hydrogens (tertiary/aromatic N) is 3. The fourth-order valence-corrected chi connectivity index (χ4v) is 3.78. The van der Waals surface area contributed by atoms with Crippen molar-refractivity contribution in [1.82, 2.24) is 15.2 Å². The zero-order valence-electron chi connectivity index (χ0n) is 17.0. The normalized spacial score (nSPS) is 22.8. The molecule has 0 bridgehead atoms. The molecule has 30 heavy (non-hydrogen) atoms. The average molecular weight is 423 g/mol. The lowest BCUT2D eigenvalue weighted by Crippen LogP contribution is -2.62. The van der Waals surface area contributed by atoms with Crippen LogP contribution in [-0.4, -0.2) is 73.0 Å². The molecule has 3 N–H and O–H groups in total. The number of alkyl halides is 2. The second kappa shape index (κ2) is 7.64. The van der Waals surface area contributed by atoms with Gasteiger partial charge in [0, 0.05) is 13.1 Å². The molecule has 3 heterocycles. The van der Waals surface area contributed by atoms with Gasteiger partial charge in [-0.25, -0.2) is 13.8 Å². The zero-order valence-corrected chi connectivity index (χ0v) is 17.0. The zero-order chi connectivity index (χ0) is 21.5. The largest absolute Gasteiger partial charge is 0.476 e. The Morgan fingerprint density at radius 3 is 2.50 bits per heavy atom. The molecule has 0 spiro atoms. The highest BCUT2D eigenvalue weighted by Crippen LogP contribution is 2.38. The van der Waals surface area contributed by atoms with Crippen LogP contribution >= 0.6 is 0 Å². The van der Waals surface area contributed by atoms with E-state index in [9.17, 15) is 18.4 Å². The summed E-state index contributed by atoms with van der Waals surface area (Å²) in [7, 11) is 1.94. The maximum absolute atomic E-state index is 13.3. The topological polar surface area (TPSA) is 101 Å². The van der Waals surface area contributed by atoms with Crippen LogP contribution in [0.4, 0.5) is 14.5 Å². The second-order valence-corrected chi connectivity index (χ2v) is 8.69. The van der Waals surface area contributed by atoms with E-state index in [2.05, 4.69) is 15.2 Å². The van der Waals surface area contributed by atoms with E-state index < -0.39 is 36.4 Å². The number of likely N-dealkylation sites (tertiary alicyclic amines) is 1. The summed E-state index contributed by atoms with van der Waals surface area (Å²) >= 11 is 0. The first-order valence-corrected chi connectivity index (χ1v) is 10.3. The van der Waals surface area contributed by atoms with E-state index in [1.165, 1.54) is 11.0 Å². The number of hydrogen-bond donors (Lipinski definition) is 2. The summed E-state index contributed by atoms with van der Waals surface area (Å²) in [5, 5.41) is 2.77. The van der Waals surface area contributed by atoms with Gasteiger partial charge in [-0.15, -0.1) is 0 Å². The minimum atomic E-state index is -2.73. The van der Waals surface area contributed by atoms with E-state index in [1.807, 2.05) is 7.05 Å². The van der Waals surface area contributed by atoms with Gasteiger partial charge in [-0.2, -0.15) is 0 Å². The third-order valence-corrected chi connectivity index (χ3v) is 6.08. The van der Waals surface area contributed by atoms with Gasteiger partial charge in [-0.3, -0.25) is 9.59 Å². The van der Waals surface area contributed by atoms with Gasteiger partial charge in [0.05, 0.1) is 19.7 Å². The Morgan fingerprint density at radius 1 is 1.27 bits per heavy atom. The van der Waals surface area contributed by atoms with Crippen LogP contribution in [0.5, 0.6) is 5.88 Å². The summed E-state index contributed by atoms with van der Waals surface area (Å²) in [5.74, 6) is -3.23. The van der Waals surface area contributed by atoms with Crippen molar-refractivity contribution in [2.75, 3.05) is 44.7 Å². The molecule has 2 amide bonds. The van der Waals surface area contributed by atoms with Crippen LogP contribution in [0, 0.1) is 5.92 Å². The van der Waals surface area contributed by atoms with Gasteiger partial charge in [-0.05, 0) is 50.8 Å². The fraction of sp³-hybridized carbons (Fsp3) is 0.650. The predicted molar refractivity (Wildman–Crippen MR) is 106 cm³/mol. The maximum Gasteiger partial charge on any atom is 0.282 e. The van der Waals surface area contributed by atoms with Gasteiger partial charge < -0.3 is 25.6 Å². The van der Waals surface area contributed by atoms with Crippen molar-refractivity contribution in [3.8, 4) is 5.88 Å². The van der Waals surface area contributed by atoms with Crippen LogP contribution in [0.3, 0.4) is 0 Å². The Balaban J connectivity index is 1.53. The Bertz CT molecular complexity index is 830. The van der Waals surface area contributed by atoms with Crippen molar-refractivity contribution < 1.29 is 23.1 Å². The number of carbonyl (C=O) groups is 2. The third kappa shape index (κ3) is 4.33. The number of ether oxygens (including phenoxy) is 1. The standard InChI is InChI=1S/C20H27F2N5O3/c1-26-8-6-19(7-9-26,18(23)29)25-16(28)14-4-5-15(27-11-20(21,22)12-27)17(24-14)30-10-13-2-3-13/h4-5,13H,2-3,6-12H2,1H3,(H2,23,29)(H,25,28). The van der Waals surface area contributed by atoms with Crippen molar-refractivity contribution >= 4 is 17.5 Å². The molecular formula is C20H27F2N5O3. The quantitative estimate of drug-likeness (QED) is 0.679. The van der Waals surface area contributed by atoms with Crippen LogP contribution in [0.15, 0.2) is 12.1 Å². The number of primary amides is 1. The minimum absolute atomic E-state index is 0.0661. The molecular weight excluding hydrogens is 396 g/mol. The maximum atomic E-state index is 13.3. The molecule has 3 fully saturated rings. The number of rotatable bonds is 7. The molecule has 0 unspecified atom stereocenters. The molecule has 3 aliphatic rings. The molecule has 2 aliphatic heterocycles. The summed E-state index contributed by atoms with van der Waals surface area (Å²) in [6.07, 6.45) is 2.95. The molecule has 1 aromatic rings. The Kier molecular flexibility index (Phi) is 5.29. The highest BCUT2D eigenvalue weighted by Gasteiger charge is 2.45. The number of pyridine rings is 1. The lowest BCUT2D eigenvalue weighted by atomic mass is 9.86. The molecule has 10 heteroatoms. The van der Waals surface area contributed by atoms with Crippen LogP contribution < -0.4 is 20.7 Å². The molecule has 0 radical (unpaired) electrons. The first-order valence-electron chi connectivity index (χ1n) is 10.3. The first kappa shape index (κ1) is 20.8. The number of nitrogens with two attached hydrogens (primary N) is 1. The van der Waals surface area contributed by atoms with Crippen LogP contribution in [0.1, 0.15) is 36.2 Å². The summed E-state index contributed by atoms with van der Waals surface area (Å²) in [5.41, 5.74) is 5.00. The lowest BCUT2D eigenvalue weighted by Gasteiger charge is -2.40. The van der Waals surface area contributed by atoms with E-state index in [0.717, 1.165) is 12.8 Å². The van der Waals surface area contributed by atoms with E-state index in [-0.39, 0.29) is 11.6 Å². The van der Waals surface area contributed by atoms with Crippen molar-refractivity contribution in [2.45, 2.75) is 37.1 Å². The Morgan fingerprint density at radius 2 is 1.93 bits per heavy atom. The molecule has 1 aliphatic carbocycles. The lowest BCUT2D eigenvalue weighted by molar-refractivity contribution is -0.125. The summed E-state index contributed by atoms with van der Waals surface area (Å²) in [6, 6.07) is 3.04. The number of nitrogens with one attached hydrogen (secondary N) is 1. The number of piperidine rings is 1. The molecule has 2 saturated heterocycles. The van der Waals surface area contributed by atoms with Crippen molar-refractivity contribution in [3.63, 3.8) is 0 Å². The van der Waals surface area contributed by atoms with Gasteiger partial charge >= 0.3 is 0 Å². The Hall–Kier alpha value is -2.49. The van der Waals surface area contributed by atoms with Crippen LogP contribution in [0.25, 0.3) is 0 Å². The van der Waals surface area contributed by atoms with Gasteiger partial charge in [0.1, 0.15) is 16.9 Å². The monoisotopic (exact) mass is 423 g/mol. The number of amides is 2. The fourth-order valence-electron chi connectivity index (χ4n) is 3.78. The van der Waals surface area contributed by atoms with E-state index in [0.29, 0.717) is 44.1 Å². The number of halogens is 2. The van der Waals surface area contributed by atoms with E-state index in [1.54, 1.807) is 6.07 Å². The van der Waals surface area contributed by atoms with Gasteiger partial charge in [-0.1, -0.05) is 0 Å². The summed E-state index contributed by atoms with van der Waals surface area (Å²) in [4.78, 5) is 32.9. The average Bonchev–Trinajstić information content (AvgIpc) is 3.50. The van der Waals surface area contributed by atoms with Crippen LogP contribution in [-0.2, 0) is 4.79 Å². The summed E-state index contributed by atoms with van der Waals surface area (Å²) in [6.45, 7) is 0.895. The predicted octanol–water partition coefficient (Wildman–Crippen LogP) is 1.01. The van der Waals surface area contributed by atoms with E-state index >= 15 is 0 Å². The Labute approximate surface area is 173 Å². The highest BCUT2D eigenvalue weighted by atomic mass is 19.3. The van der Waals surface area contributed by atoms with Crippen LogP contribution in [0.2, 0.25) is 0 Å². The smallest absolute Gasteiger partial charge is 0.282 e. The van der Waals surface area contributed by atoms with Crippen molar-refractivity contribution in [2.24, 2.45) is 11.7 Å². The second-order valence-electron chi connectivity index (χ2n) is 8.69. The number of carbonyl (C=O) groups excluding carboxylic acids is 2. The molecule has 164 valence electrons. The molecule has 0 atom stereocenters. The third-order valence-electron chi connectivity index (χ3n) is 6.08. The van der Waals surface area contributed by atoms with Crippen molar-refractivity contribution in [3.05, 3.63) is 17.8 Å². The molecule has 8 nitrogen and oxygen atoms in total. The first-order chi connectivity index (χ1) is 14.2. The molecule has 4 rings (SSSR count). The molecule has 0 aromatic carbocycles. The minimum Gasteiger partial charge on any atom is -0.476 e. The number of aromatic nitrogens is 1. The van der Waals surface area contributed by atoms with Gasteiger partial charge in [0.25, 0.3) is 11.8 Å². The molecule has 1 aromatic heterocycles. The van der Waals surface area contributed by atoms with Gasteiger partial charge in [0.15, 0.2) is 0 Å². The molecule has 1 saturated carbocycles. The number of hydrogen-bond acceptors (Lipinski definition) is 6.